The maximum absolute atomic E-state index is 15.0. The minimum Gasteiger partial charge on any atom is -0.497 e. The zero-order valence-electron chi connectivity index (χ0n) is 19.4. The lowest BCUT2D eigenvalue weighted by Gasteiger charge is -2.36. The highest BCUT2D eigenvalue weighted by Crippen LogP contribution is 2.39. The molecule has 33 heavy (non-hydrogen) atoms. The molecule has 8 nitrogen and oxygen atoms in total. The largest absolute Gasteiger partial charge is 0.497 e. The van der Waals surface area contributed by atoms with Crippen LogP contribution in [0.5, 0.6) is 5.75 Å². The Morgan fingerprint density at radius 1 is 1.24 bits per heavy atom. The molecular weight excluding hydrogens is 425 g/mol. The summed E-state index contributed by atoms with van der Waals surface area (Å²) >= 11 is 0. The molecule has 5 rings (SSSR count). The summed E-state index contributed by atoms with van der Waals surface area (Å²) in [6, 6.07) is 3.56. The zero-order chi connectivity index (χ0) is 23.1. The molecular formula is C24H28FN5O3. The van der Waals surface area contributed by atoms with E-state index in [0.29, 0.717) is 40.8 Å². The highest BCUT2D eigenvalue weighted by molar-refractivity contribution is 5.94. The van der Waals surface area contributed by atoms with Gasteiger partial charge in [0, 0.05) is 49.2 Å². The summed E-state index contributed by atoms with van der Waals surface area (Å²) in [7, 11) is 1.52. The van der Waals surface area contributed by atoms with Crippen molar-refractivity contribution >= 4 is 22.4 Å². The lowest BCUT2D eigenvalue weighted by molar-refractivity contribution is 0.194. The van der Waals surface area contributed by atoms with E-state index in [9.17, 15) is 0 Å². The monoisotopic (exact) mass is 453 g/mol. The van der Waals surface area contributed by atoms with Crippen LogP contribution in [-0.2, 0) is 4.74 Å². The van der Waals surface area contributed by atoms with Crippen molar-refractivity contribution in [3.05, 3.63) is 29.3 Å². The van der Waals surface area contributed by atoms with Crippen LogP contribution in [0.25, 0.3) is 22.4 Å². The van der Waals surface area contributed by atoms with E-state index in [-0.39, 0.29) is 12.1 Å². The molecule has 2 fully saturated rings. The van der Waals surface area contributed by atoms with Gasteiger partial charge in [-0.3, -0.25) is 4.99 Å². The Morgan fingerprint density at radius 2 is 2.09 bits per heavy atom. The standard InChI is InChI=1S/C24H28FN5O3/c1-13-9-16(27-17-6-8-32-12-17)5-7-30(13)23-21(24-26-15(3)29-33-24)14(2)19-10-18(31-4)11-20(25)22(19)28-23/h10-11,13,17H,5-9,12H2,1-4H3/t13-,17+/m1/s1. The number of ether oxygens (including phenoxy) is 2. The highest BCUT2D eigenvalue weighted by Gasteiger charge is 2.30. The molecule has 2 aliphatic heterocycles. The Balaban J connectivity index is 1.60. The van der Waals surface area contributed by atoms with Gasteiger partial charge in [-0.05, 0) is 38.8 Å². The average molecular weight is 454 g/mol. The maximum atomic E-state index is 15.0. The van der Waals surface area contributed by atoms with Crippen LogP contribution in [0.4, 0.5) is 10.2 Å². The topological polar surface area (TPSA) is 85.9 Å². The molecule has 2 saturated heterocycles. The summed E-state index contributed by atoms with van der Waals surface area (Å²) in [6.45, 7) is 8.07. The van der Waals surface area contributed by atoms with Gasteiger partial charge in [-0.15, -0.1) is 0 Å². The fourth-order valence-corrected chi connectivity index (χ4v) is 4.76. The summed E-state index contributed by atoms with van der Waals surface area (Å²) < 4.78 is 31.4. The fourth-order valence-electron chi connectivity index (χ4n) is 4.76. The number of nitrogens with zero attached hydrogens (tertiary/aromatic N) is 5. The molecule has 0 saturated carbocycles. The summed E-state index contributed by atoms with van der Waals surface area (Å²) in [4.78, 5) is 16.4. The summed E-state index contributed by atoms with van der Waals surface area (Å²) in [5.41, 5.74) is 3.06. The van der Waals surface area contributed by atoms with Gasteiger partial charge < -0.3 is 18.9 Å². The smallest absolute Gasteiger partial charge is 0.261 e. The third kappa shape index (κ3) is 4.06. The molecule has 0 bridgehead atoms. The van der Waals surface area contributed by atoms with Gasteiger partial charge in [0.15, 0.2) is 11.6 Å². The molecule has 3 aromatic rings. The predicted octanol–water partition coefficient (Wildman–Crippen LogP) is 4.27. The second-order valence-electron chi connectivity index (χ2n) is 8.80. The maximum Gasteiger partial charge on any atom is 0.261 e. The number of pyridine rings is 1. The second kappa shape index (κ2) is 8.70. The molecule has 2 aliphatic rings. The molecule has 0 spiro atoms. The van der Waals surface area contributed by atoms with Gasteiger partial charge in [0.25, 0.3) is 5.89 Å². The van der Waals surface area contributed by atoms with E-state index in [4.69, 9.17) is 24.0 Å². The van der Waals surface area contributed by atoms with Gasteiger partial charge >= 0.3 is 0 Å². The number of halogens is 1. The summed E-state index contributed by atoms with van der Waals surface area (Å²) in [6.07, 6.45) is 2.63. The van der Waals surface area contributed by atoms with Crippen molar-refractivity contribution in [1.29, 1.82) is 0 Å². The van der Waals surface area contributed by atoms with Crippen LogP contribution >= 0.6 is 0 Å². The second-order valence-corrected chi connectivity index (χ2v) is 8.80. The number of piperidine rings is 1. The Labute approximate surface area is 191 Å². The van der Waals surface area contributed by atoms with Crippen molar-refractivity contribution in [2.24, 2.45) is 4.99 Å². The molecule has 1 aromatic carbocycles. The number of fused-ring (bicyclic) bond motifs is 1. The number of benzene rings is 1. The number of methoxy groups -OCH3 is 1. The lowest BCUT2D eigenvalue weighted by atomic mass is 9.97. The summed E-state index contributed by atoms with van der Waals surface area (Å²) in [5.74, 6) is 1.59. The van der Waals surface area contributed by atoms with Gasteiger partial charge in [0.1, 0.15) is 17.1 Å². The van der Waals surface area contributed by atoms with Gasteiger partial charge in [0.05, 0.1) is 25.3 Å². The van der Waals surface area contributed by atoms with Gasteiger partial charge in [0.2, 0.25) is 0 Å². The molecule has 9 heteroatoms. The van der Waals surface area contributed by atoms with Crippen molar-refractivity contribution in [3.8, 4) is 17.2 Å². The van der Waals surface area contributed by atoms with Gasteiger partial charge in [-0.25, -0.2) is 9.37 Å². The van der Waals surface area contributed by atoms with Crippen molar-refractivity contribution in [1.82, 2.24) is 15.1 Å². The van der Waals surface area contributed by atoms with E-state index in [2.05, 4.69) is 22.0 Å². The fraction of sp³-hybridized carbons (Fsp3) is 0.500. The number of hydrogen-bond donors (Lipinski definition) is 0. The first kappa shape index (κ1) is 21.8. The van der Waals surface area contributed by atoms with E-state index < -0.39 is 5.82 Å². The minimum atomic E-state index is -0.421. The molecule has 4 heterocycles. The first-order valence-electron chi connectivity index (χ1n) is 11.3. The van der Waals surface area contributed by atoms with Crippen LogP contribution in [0, 0.1) is 19.7 Å². The predicted molar refractivity (Wildman–Crippen MR) is 124 cm³/mol. The van der Waals surface area contributed by atoms with E-state index in [0.717, 1.165) is 43.5 Å². The third-order valence-corrected chi connectivity index (χ3v) is 6.48. The zero-order valence-corrected chi connectivity index (χ0v) is 19.4. The SMILES string of the molecule is COc1cc(F)c2nc(N3CCC(=N[C@H]4CCOC4)C[C@H]3C)c(-c3nc(C)no3)c(C)c2c1. The molecule has 0 amide bonds. The normalized spacial score (nSPS) is 22.5. The van der Waals surface area contributed by atoms with Crippen LogP contribution < -0.4 is 9.64 Å². The van der Waals surface area contributed by atoms with Crippen LogP contribution in [0.15, 0.2) is 21.6 Å². The molecule has 0 radical (unpaired) electrons. The first-order chi connectivity index (χ1) is 15.9. The quantitative estimate of drug-likeness (QED) is 0.583. The third-order valence-electron chi connectivity index (χ3n) is 6.48. The number of aryl methyl sites for hydroxylation is 2. The summed E-state index contributed by atoms with van der Waals surface area (Å²) in [5, 5.41) is 4.64. The van der Waals surface area contributed by atoms with Crippen LogP contribution in [0.1, 0.15) is 37.6 Å². The van der Waals surface area contributed by atoms with E-state index in [1.165, 1.54) is 18.9 Å². The highest BCUT2D eigenvalue weighted by atomic mass is 19.1. The van der Waals surface area contributed by atoms with E-state index in [1.54, 1.807) is 13.0 Å². The Morgan fingerprint density at radius 3 is 2.76 bits per heavy atom. The Bertz CT molecular complexity index is 1220. The molecule has 2 atom stereocenters. The molecule has 0 N–H and O–H groups in total. The number of aliphatic imine (C=N–C) groups is 1. The van der Waals surface area contributed by atoms with Gasteiger partial charge in [-0.2, -0.15) is 4.98 Å². The van der Waals surface area contributed by atoms with Crippen molar-refractivity contribution in [2.75, 3.05) is 31.8 Å². The van der Waals surface area contributed by atoms with Gasteiger partial charge in [-0.1, -0.05) is 5.16 Å². The number of rotatable bonds is 4. The molecule has 0 unspecified atom stereocenters. The average Bonchev–Trinajstić information content (AvgIpc) is 3.46. The van der Waals surface area contributed by atoms with Crippen molar-refractivity contribution in [2.45, 2.75) is 52.1 Å². The lowest BCUT2D eigenvalue weighted by Crippen LogP contribution is -2.42. The van der Waals surface area contributed by atoms with Crippen molar-refractivity contribution < 1.29 is 18.4 Å². The molecule has 0 aliphatic carbocycles. The van der Waals surface area contributed by atoms with E-state index in [1.807, 2.05) is 6.92 Å². The molecule has 2 aromatic heterocycles. The number of hydrogen-bond acceptors (Lipinski definition) is 8. The Kier molecular flexibility index (Phi) is 5.74. The number of anilines is 1. The van der Waals surface area contributed by atoms with Crippen LogP contribution in [-0.4, -0.2) is 59.8 Å². The van der Waals surface area contributed by atoms with E-state index >= 15 is 4.39 Å². The minimum absolute atomic E-state index is 0.133. The van der Waals surface area contributed by atoms with Crippen molar-refractivity contribution in [3.63, 3.8) is 0 Å². The Hall–Kier alpha value is -3.07. The number of aromatic nitrogens is 3. The molecule has 174 valence electrons. The van der Waals surface area contributed by atoms with Crippen LogP contribution in [0.2, 0.25) is 0 Å². The van der Waals surface area contributed by atoms with Crippen LogP contribution in [0.3, 0.4) is 0 Å². The first-order valence-corrected chi connectivity index (χ1v) is 11.3.